The topological polar surface area (TPSA) is 12.0 Å². The highest BCUT2D eigenvalue weighted by molar-refractivity contribution is 6.31. The van der Waals surface area contributed by atoms with Gasteiger partial charge in [0, 0.05) is 11.1 Å². The minimum absolute atomic E-state index is 0.208. The van der Waals surface area contributed by atoms with E-state index in [1.807, 2.05) is 7.05 Å². The van der Waals surface area contributed by atoms with Gasteiger partial charge in [0.1, 0.15) is 5.82 Å². The van der Waals surface area contributed by atoms with Crippen molar-refractivity contribution in [3.63, 3.8) is 0 Å². The van der Waals surface area contributed by atoms with Crippen LogP contribution in [0.5, 0.6) is 0 Å². The van der Waals surface area contributed by atoms with Crippen LogP contribution in [-0.4, -0.2) is 13.1 Å². The lowest BCUT2D eigenvalue weighted by molar-refractivity contribution is 0.201. The van der Waals surface area contributed by atoms with Crippen LogP contribution in [-0.2, 0) is 6.42 Å². The number of hydrogen-bond donors (Lipinski definition) is 1. The van der Waals surface area contributed by atoms with Crippen LogP contribution in [0.3, 0.4) is 0 Å². The molecular weight excluding hydrogens is 261 g/mol. The predicted octanol–water partition coefficient (Wildman–Crippen LogP) is 4.44. The number of halogens is 2. The van der Waals surface area contributed by atoms with Crippen molar-refractivity contribution in [3.8, 4) is 0 Å². The monoisotopic (exact) mass is 283 g/mol. The van der Waals surface area contributed by atoms with Crippen LogP contribution >= 0.6 is 11.6 Å². The second-order valence-corrected chi connectivity index (χ2v) is 6.73. The summed E-state index contributed by atoms with van der Waals surface area (Å²) >= 11 is 6.18. The number of benzene rings is 1. The van der Waals surface area contributed by atoms with Crippen LogP contribution in [0, 0.1) is 17.2 Å². The van der Waals surface area contributed by atoms with Crippen molar-refractivity contribution in [1.29, 1.82) is 0 Å². The first-order chi connectivity index (χ1) is 8.94. The molecule has 0 bridgehead atoms. The third-order valence-corrected chi connectivity index (χ3v) is 5.01. The summed E-state index contributed by atoms with van der Waals surface area (Å²) in [6.07, 6.45) is 4.59. The van der Waals surface area contributed by atoms with Crippen molar-refractivity contribution in [2.24, 2.45) is 11.3 Å². The lowest BCUT2D eigenvalue weighted by Crippen LogP contribution is -2.40. The Balaban J connectivity index is 2.17. The van der Waals surface area contributed by atoms with Gasteiger partial charge in [-0.15, -0.1) is 0 Å². The van der Waals surface area contributed by atoms with E-state index >= 15 is 0 Å². The van der Waals surface area contributed by atoms with Gasteiger partial charge in [-0.1, -0.05) is 31.9 Å². The maximum atomic E-state index is 13.4. The Morgan fingerprint density at radius 3 is 2.79 bits per heavy atom. The van der Waals surface area contributed by atoms with Gasteiger partial charge in [-0.25, -0.2) is 4.39 Å². The summed E-state index contributed by atoms with van der Waals surface area (Å²) in [4.78, 5) is 0. The van der Waals surface area contributed by atoms with E-state index in [0.717, 1.165) is 12.0 Å². The molecule has 3 heteroatoms. The van der Waals surface area contributed by atoms with Gasteiger partial charge >= 0.3 is 0 Å². The molecule has 1 nitrogen and oxygen atoms in total. The van der Waals surface area contributed by atoms with Gasteiger partial charge in [-0.3, -0.25) is 0 Å². The molecule has 2 rings (SSSR count). The third kappa shape index (κ3) is 3.29. The maximum absolute atomic E-state index is 13.4. The van der Waals surface area contributed by atoms with Crippen LogP contribution in [0.2, 0.25) is 5.02 Å². The number of likely N-dealkylation sites (N-methyl/N-ethyl adjacent to an activating group) is 1. The summed E-state index contributed by atoms with van der Waals surface area (Å²) in [6, 6.07) is 4.99. The van der Waals surface area contributed by atoms with E-state index < -0.39 is 0 Å². The maximum Gasteiger partial charge on any atom is 0.123 e. The van der Waals surface area contributed by atoms with Gasteiger partial charge < -0.3 is 5.32 Å². The predicted molar refractivity (Wildman–Crippen MR) is 79.1 cm³/mol. The van der Waals surface area contributed by atoms with Crippen molar-refractivity contribution in [2.45, 2.75) is 45.6 Å². The fourth-order valence-electron chi connectivity index (χ4n) is 3.48. The summed E-state index contributed by atoms with van der Waals surface area (Å²) < 4.78 is 13.4. The second kappa shape index (κ2) is 5.80. The minimum Gasteiger partial charge on any atom is -0.316 e. The Hall–Kier alpha value is -0.600. The molecule has 1 N–H and O–H groups in total. The average Bonchev–Trinajstić information content (AvgIpc) is 2.70. The molecule has 1 aliphatic carbocycles. The van der Waals surface area contributed by atoms with E-state index in [0.29, 0.717) is 22.4 Å². The Labute approximate surface area is 120 Å². The minimum atomic E-state index is -0.208. The van der Waals surface area contributed by atoms with E-state index in [1.54, 1.807) is 12.1 Å². The van der Waals surface area contributed by atoms with Crippen LogP contribution in [0.25, 0.3) is 0 Å². The highest BCUT2D eigenvalue weighted by Crippen LogP contribution is 2.45. The molecule has 106 valence electrons. The molecule has 19 heavy (non-hydrogen) atoms. The lowest BCUT2D eigenvalue weighted by Gasteiger charge is -2.34. The summed E-state index contributed by atoms with van der Waals surface area (Å²) in [5, 5.41) is 4.08. The van der Waals surface area contributed by atoms with E-state index in [9.17, 15) is 4.39 Å². The normalized spacial score (nSPS) is 23.5. The van der Waals surface area contributed by atoms with Crippen molar-refractivity contribution < 1.29 is 4.39 Å². The molecule has 0 heterocycles. The van der Waals surface area contributed by atoms with Crippen molar-refractivity contribution >= 4 is 11.6 Å². The van der Waals surface area contributed by atoms with Crippen LogP contribution in [0.4, 0.5) is 4.39 Å². The molecule has 1 aromatic carbocycles. The second-order valence-electron chi connectivity index (χ2n) is 6.32. The van der Waals surface area contributed by atoms with E-state index in [2.05, 4.69) is 19.2 Å². The molecular formula is C16H23ClFN. The quantitative estimate of drug-likeness (QED) is 0.862. The number of nitrogens with one attached hydrogen (secondary N) is 1. The molecule has 0 aromatic heterocycles. The van der Waals surface area contributed by atoms with E-state index in [1.165, 1.54) is 25.3 Å². The van der Waals surface area contributed by atoms with Crippen LogP contribution in [0.15, 0.2) is 18.2 Å². The molecule has 2 unspecified atom stereocenters. The van der Waals surface area contributed by atoms with Gasteiger partial charge in [-0.05, 0) is 61.4 Å². The SMILES string of the molecule is CNC(Cc1cc(F)ccc1Cl)C1CCCC1(C)C. The Morgan fingerprint density at radius 1 is 1.47 bits per heavy atom. The first-order valence-corrected chi connectivity index (χ1v) is 7.43. The first-order valence-electron chi connectivity index (χ1n) is 7.05. The lowest BCUT2D eigenvalue weighted by atomic mass is 9.76. The molecule has 0 spiro atoms. The zero-order chi connectivity index (χ0) is 14.0. The van der Waals surface area contributed by atoms with Crippen molar-refractivity contribution in [1.82, 2.24) is 5.32 Å². The first kappa shape index (κ1) is 14.8. The molecule has 1 saturated carbocycles. The Bertz CT molecular complexity index is 444. The molecule has 0 radical (unpaired) electrons. The smallest absolute Gasteiger partial charge is 0.123 e. The standard InChI is InChI=1S/C16H23ClFN/c1-16(2)8-4-5-13(16)15(19-3)10-11-9-12(18)6-7-14(11)17/h6-7,9,13,15,19H,4-5,8,10H2,1-3H3. The van der Waals surface area contributed by atoms with Gasteiger partial charge in [0.05, 0.1) is 0 Å². The van der Waals surface area contributed by atoms with Crippen LogP contribution < -0.4 is 5.32 Å². The van der Waals surface area contributed by atoms with Gasteiger partial charge in [0.2, 0.25) is 0 Å². The fourth-order valence-corrected chi connectivity index (χ4v) is 3.68. The fraction of sp³-hybridized carbons (Fsp3) is 0.625. The number of hydrogen-bond acceptors (Lipinski definition) is 1. The highest BCUT2D eigenvalue weighted by Gasteiger charge is 2.38. The van der Waals surface area contributed by atoms with E-state index in [4.69, 9.17) is 11.6 Å². The zero-order valence-corrected chi connectivity index (χ0v) is 12.7. The molecule has 1 fully saturated rings. The Morgan fingerprint density at radius 2 is 2.21 bits per heavy atom. The molecule has 0 saturated heterocycles. The summed E-state index contributed by atoms with van der Waals surface area (Å²) in [5.74, 6) is 0.414. The molecule has 1 aliphatic rings. The van der Waals surface area contributed by atoms with Gasteiger partial charge in [0.15, 0.2) is 0 Å². The van der Waals surface area contributed by atoms with E-state index in [-0.39, 0.29) is 5.82 Å². The summed E-state index contributed by atoms with van der Waals surface area (Å²) in [5.41, 5.74) is 1.26. The Kier molecular flexibility index (Phi) is 4.52. The van der Waals surface area contributed by atoms with Crippen molar-refractivity contribution in [3.05, 3.63) is 34.6 Å². The molecule has 0 aliphatic heterocycles. The summed E-state index contributed by atoms with van der Waals surface area (Å²) in [7, 11) is 1.99. The molecule has 0 amide bonds. The van der Waals surface area contributed by atoms with Crippen LogP contribution in [0.1, 0.15) is 38.7 Å². The highest BCUT2D eigenvalue weighted by atomic mass is 35.5. The summed E-state index contributed by atoms with van der Waals surface area (Å²) in [6.45, 7) is 4.67. The van der Waals surface area contributed by atoms with Gasteiger partial charge in [-0.2, -0.15) is 0 Å². The average molecular weight is 284 g/mol. The van der Waals surface area contributed by atoms with Crippen molar-refractivity contribution in [2.75, 3.05) is 7.05 Å². The molecule has 1 aromatic rings. The third-order valence-electron chi connectivity index (χ3n) is 4.64. The zero-order valence-electron chi connectivity index (χ0n) is 12.0. The number of rotatable bonds is 4. The largest absolute Gasteiger partial charge is 0.316 e. The molecule has 2 atom stereocenters. The van der Waals surface area contributed by atoms with Gasteiger partial charge in [0.25, 0.3) is 0 Å².